The summed E-state index contributed by atoms with van der Waals surface area (Å²) in [6.45, 7) is 4.76. The van der Waals surface area contributed by atoms with Crippen LogP contribution in [0.25, 0.3) is 0 Å². The molecule has 1 aliphatic carbocycles. The van der Waals surface area contributed by atoms with Crippen LogP contribution in [-0.4, -0.2) is 12.1 Å². The number of hydrogen-bond donors (Lipinski definition) is 1. The van der Waals surface area contributed by atoms with E-state index < -0.39 is 0 Å². The van der Waals surface area contributed by atoms with Gasteiger partial charge in [0.2, 0.25) is 0 Å². The van der Waals surface area contributed by atoms with Gasteiger partial charge in [0.15, 0.2) is 0 Å². The Hall–Kier alpha value is -0.0400. The highest BCUT2D eigenvalue weighted by atomic mass is 15.0. The first kappa shape index (κ1) is 10.5. The average molecular weight is 195 g/mol. The predicted molar refractivity (Wildman–Crippen MR) is 61.4 cm³/mol. The SMILES string of the molecule is CCC[C@@H]1CC[C@H]2C(C)CCC[C@@H]2N1. The van der Waals surface area contributed by atoms with Gasteiger partial charge in [0.25, 0.3) is 0 Å². The smallest absolute Gasteiger partial charge is 0.0100 e. The molecule has 1 aliphatic heterocycles. The van der Waals surface area contributed by atoms with Crippen molar-refractivity contribution in [1.29, 1.82) is 0 Å². The van der Waals surface area contributed by atoms with E-state index in [9.17, 15) is 0 Å². The van der Waals surface area contributed by atoms with Crippen LogP contribution in [0.3, 0.4) is 0 Å². The molecule has 1 nitrogen and oxygen atoms in total. The second-order valence-electron chi connectivity index (χ2n) is 5.41. The molecule has 2 aliphatic rings. The first-order chi connectivity index (χ1) is 6.81. The van der Waals surface area contributed by atoms with E-state index in [0.717, 1.165) is 23.9 Å². The van der Waals surface area contributed by atoms with Crippen LogP contribution in [0.5, 0.6) is 0 Å². The Kier molecular flexibility index (Phi) is 3.48. The minimum absolute atomic E-state index is 0.839. The van der Waals surface area contributed by atoms with Crippen LogP contribution in [0.15, 0.2) is 0 Å². The van der Waals surface area contributed by atoms with E-state index in [0.29, 0.717) is 0 Å². The molecule has 0 radical (unpaired) electrons. The van der Waals surface area contributed by atoms with E-state index in [2.05, 4.69) is 19.2 Å². The van der Waals surface area contributed by atoms with Crippen molar-refractivity contribution in [3.8, 4) is 0 Å². The minimum atomic E-state index is 0.839. The summed E-state index contributed by atoms with van der Waals surface area (Å²) in [6, 6.07) is 1.70. The van der Waals surface area contributed by atoms with Crippen LogP contribution in [-0.2, 0) is 0 Å². The molecule has 2 rings (SSSR count). The van der Waals surface area contributed by atoms with Gasteiger partial charge in [-0.2, -0.15) is 0 Å². The Labute approximate surface area is 88.7 Å². The largest absolute Gasteiger partial charge is 0.311 e. The van der Waals surface area contributed by atoms with Gasteiger partial charge >= 0.3 is 0 Å². The molecule has 1 N–H and O–H groups in total. The summed E-state index contributed by atoms with van der Waals surface area (Å²) < 4.78 is 0. The number of hydrogen-bond acceptors (Lipinski definition) is 1. The summed E-state index contributed by atoms with van der Waals surface area (Å²) in [4.78, 5) is 0. The van der Waals surface area contributed by atoms with Crippen LogP contribution in [0, 0.1) is 11.8 Å². The summed E-state index contributed by atoms with van der Waals surface area (Å²) in [5.74, 6) is 1.97. The number of rotatable bonds is 2. The Morgan fingerprint density at radius 3 is 2.79 bits per heavy atom. The second kappa shape index (κ2) is 4.65. The van der Waals surface area contributed by atoms with Crippen molar-refractivity contribution in [2.75, 3.05) is 0 Å². The van der Waals surface area contributed by atoms with E-state index >= 15 is 0 Å². The van der Waals surface area contributed by atoms with Crippen molar-refractivity contribution < 1.29 is 0 Å². The van der Waals surface area contributed by atoms with Crippen molar-refractivity contribution in [2.24, 2.45) is 11.8 Å². The zero-order valence-corrected chi connectivity index (χ0v) is 9.76. The van der Waals surface area contributed by atoms with Gasteiger partial charge in [-0.1, -0.05) is 33.1 Å². The first-order valence-corrected chi connectivity index (χ1v) is 6.57. The van der Waals surface area contributed by atoms with E-state index in [4.69, 9.17) is 0 Å². The highest BCUT2D eigenvalue weighted by molar-refractivity contribution is 4.91. The van der Waals surface area contributed by atoms with Crippen LogP contribution >= 0.6 is 0 Å². The van der Waals surface area contributed by atoms with Crippen molar-refractivity contribution in [3.63, 3.8) is 0 Å². The van der Waals surface area contributed by atoms with Crippen LogP contribution in [0.1, 0.15) is 58.8 Å². The van der Waals surface area contributed by atoms with Crippen LogP contribution in [0.2, 0.25) is 0 Å². The lowest BCUT2D eigenvalue weighted by molar-refractivity contribution is 0.122. The van der Waals surface area contributed by atoms with Gasteiger partial charge in [-0.15, -0.1) is 0 Å². The monoisotopic (exact) mass is 195 g/mol. The van der Waals surface area contributed by atoms with Crippen molar-refractivity contribution in [1.82, 2.24) is 5.32 Å². The first-order valence-electron chi connectivity index (χ1n) is 6.57. The van der Waals surface area contributed by atoms with Crippen LogP contribution in [0.4, 0.5) is 0 Å². The van der Waals surface area contributed by atoms with Gasteiger partial charge in [0.1, 0.15) is 0 Å². The van der Waals surface area contributed by atoms with E-state index in [1.807, 2.05) is 0 Å². The molecular weight excluding hydrogens is 170 g/mol. The summed E-state index contributed by atoms with van der Waals surface area (Å²) in [5, 5.41) is 3.89. The molecule has 0 aromatic heterocycles. The summed E-state index contributed by atoms with van der Waals surface area (Å²) in [5.41, 5.74) is 0. The van der Waals surface area contributed by atoms with Crippen molar-refractivity contribution in [2.45, 2.75) is 70.9 Å². The number of nitrogens with one attached hydrogen (secondary N) is 1. The molecule has 2 fully saturated rings. The molecule has 0 aromatic carbocycles. The highest BCUT2D eigenvalue weighted by Gasteiger charge is 2.34. The van der Waals surface area contributed by atoms with Crippen molar-refractivity contribution >= 4 is 0 Å². The predicted octanol–water partition coefficient (Wildman–Crippen LogP) is 3.34. The molecule has 1 unspecified atom stereocenters. The molecule has 4 atom stereocenters. The quantitative estimate of drug-likeness (QED) is 0.712. The third-order valence-electron chi connectivity index (χ3n) is 4.36. The molecular formula is C13H25N. The average Bonchev–Trinajstić information content (AvgIpc) is 2.18. The molecule has 0 bridgehead atoms. The summed E-state index contributed by atoms with van der Waals surface area (Å²) in [6.07, 6.45) is 10.0. The number of piperidine rings is 1. The zero-order valence-electron chi connectivity index (χ0n) is 9.76. The number of fused-ring (bicyclic) bond motifs is 1. The standard InChI is InChI=1S/C13H25N/c1-3-5-11-8-9-12-10(2)6-4-7-13(12)14-11/h10-14H,3-9H2,1-2H3/t10?,11-,12+,13+/m1/s1. The molecule has 0 spiro atoms. The Morgan fingerprint density at radius 1 is 1.14 bits per heavy atom. The van der Waals surface area contributed by atoms with Gasteiger partial charge in [0.05, 0.1) is 0 Å². The zero-order chi connectivity index (χ0) is 9.97. The molecule has 1 saturated heterocycles. The molecule has 1 heteroatoms. The molecule has 1 heterocycles. The third kappa shape index (κ3) is 2.13. The van der Waals surface area contributed by atoms with Crippen LogP contribution < -0.4 is 5.32 Å². The van der Waals surface area contributed by atoms with E-state index in [-0.39, 0.29) is 0 Å². The lowest BCUT2D eigenvalue weighted by Crippen LogP contribution is -2.50. The normalized spacial score (nSPS) is 43.3. The fraction of sp³-hybridized carbons (Fsp3) is 1.00. The minimum Gasteiger partial charge on any atom is -0.311 e. The Balaban J connectivity index is 1.89. The molecule has 14 heavy (non-hydrogen) atoms. The Bertz CT molecular complexity index is 178. The van der Waals surface area contributed by atoms with Gasteiger partial charge in [0, 0.05) is 12.1 Å². The Morgan fingerprint density at radius 2 is 2.00 bits per heavy atom. The summed E-state index contributed by atoms with van der Waals surface area (Å²) >= 11 is 0. The van der Waals surface area contributed by atoms with Gasteiger partial charge < -0.3 is 5.32 Å². The van der Waals surface area contributed by atoms with E-state index in [1.54, 1.807) is 0 Å². The second-order valence-corrected chi connectivity index (χ2v) is 5.41. The maximum absolute atomic E-state index is 3.89. The fourth-order valence-electron chi connectivity index (χ4n) is 3.53. The molecule has 1 saturated carbocycles. The maximum Gasteiger partial charge on any atom is 0.0100 e. The highest BCUT2D eigenvalue weighted by Crippen LogP contribution is 2.36. The third-order valence-corrected chi connectivity index (χ3v) is 4.36. The topological polar surface area (TPSA) is 12.0 Å². The lowest BCUT2D eigenvalue weighted by atomic mass is 9.71. The lowest BCUT2D eigenvalue weighted by Gasteiger charge is -2.44. The molecule has 0 aromatic rings. The maximum atomic E-state index is 3.89. The van der Waals surface area contributed by atoms with E-state index in [1.165, 1.54) is 44.9 Å². The summed E-state index contributed by atoms with van der Waals surface area (Å²) in [7, 11) is 0. The molecule has 82 valence electrons. The van der Waals surface area contributed by atoms with Gasteiger partial charge in [-0.3, -0.25) is 0 Å². The van der Waals surface area contributed by atoms with Crippen molar-refractivity contribution in [3.05, 3.63) is 0 Å². The fourth-order valence-corrected chi connectivity index (χ4v) is 3.53. The van der Waals surface area contributed by atoms with Gasteiger partial charge in [-0.25, -0.2) is 0 Å². The van der Waals surface area contributed by atoms with Gasteiger partial charge in [-0.05, 0) is 37.5 Å². The molecule has 0 amide bonds.